The summed E-state index contributed by atoms with van der Waals surface area (Å²) in [5, 5.41) is 12.3. The van der Waals surface area contributed by atoms with E-state index in [1.54, 1.807) is 6.07 Å². The number of benzene rings is 1. The summed E-state index contributed by atoms with van der Waals surface area (Å²) in [6.07, 6.45) is 3.48. The predicted octanol–water partition coefficient (Wildman–Crippen LogP) is 3.93. The molecule has 100 valence electrons. The number of aromatic carboxylic acids is 1. The van der Waals surface area contributed by atoms with E-state index in [4.69, 9.17) is 5.11 Å². The number of aryl methyl sites for hydroxylation is 1. The quantitative estimate of drug-likeness (QED) is 0.720. The van der Waals surface area contributed by atoms with Gasteiger partial charge in [0.15, 0.2) is 0 Å². The Balaban J connectivity index is 2.50. The number of hydrogen-bond donors (Lipinski definition) is 2. The molecular formula is C15H23NO2. The lowest BCUT2D eigenvalue weighted by atomic mass is 10.1. The molecule has 0 aliphatic carbocycles. The summed E-state index contributed by atoms with van der Waals surface area (Å²) in [5.41, 5.74) is 2.15. The van der Waals surface area contributed by atoms with Gasteiger partial charge in [0, 0.05) is 12.2 Å². The molecule has 0 saturated heterocycles. The SMILES string of the molecule is Cc1ccc(C(=O)O)c(NCCCCC(C)C)c1. The fourth-order valence-corrected chi connectivity index (χ4v) is 1.89. The molecule has 0 saturated carbocycles. The monoisotopic (exact) mass is 249 g/mol. The largest absolute Gasteiger partial charge is 0.478 e. The van der Waals surface area contributed by atoms with E-state index in [0.717, 1.165) is 30.1 Å². The zero-order valence-corrected chi connectivity index (χ0v) is 11.5. The number of anilines is 1. The molecule has 0 spiro atoms. The minimum atomic E-state index is -0.875. The first kappa shape index (κ1) is 14.6. The lowest BCUT2D eigenvalue weighted by Gasteiger charge is -2.11. The van der Waals surface area contributed by atoms with Crippen molar-refractivity contribution in [3.05, 3.63) is 29.3 Å². The average molecular weight is 249 g/mol. The van der Waals surface area contributed by atoms with E-state index in [-0.39, 0.29) is 0 Å². The van der Waals surface area contributed by atoms with Gasteiger partial charge in [-0.2, -0.15) is 0 Å². The zero-order chi connectivity index (χ0) is 13.5. The standard InChI is InChI=1S/C15H23NO2/c1-11(2)6-4-5-9-16-14-10-12(3)7-8-13(14)15(17)18/h7-8,10-11,16H,4-6,9H2,1-3H3,(H,17,18). The van der Waals surface area contributed by atoms with E-state index in [0.29, 0.717) is 5.56 Å². The van der Waals surface area contributed by atoms with E-state index in [9.17, 15) is 4.79 Å². The zero-order valence-electron chi connectivity index (χ0n) is 11.5. The first-order valence-corrected chi connectivity index (χ1v) is 6.58. The highest BCUT2D eigenvalue weighted by Crippen LogP contribution is 2.18. The third kappa shape index (κ3) is 4.78. The van der Waals surface area contributed by atoms with Crippen molar-refractivity contribution in [3.8, 4) is 0 Å². The van der Waals surface area contributed by atoms with Crippen molar-refractivity contribution in [3.63, 3.8) is 0 Å². The van der Waals surface area contributed by atoms with Crippen molar-refractivity contribution in [2.45, 2.75) is 40.0 Å². The van der Waals surface area contributed by atoms with Crippen LogP contribution in [0, 0.1) is 12.8 Å². The fraction of sp³-hybridized carbons (Fsp3) is 0.533. The van der Waals surface area contributed by atoms with Crippen molar-refractivity contribution in [2.24, 2.45) is 5.92 Å². The molecule has 1 rings (SSSR count). The van der Waals surface area contributed by atoms with Gasteiger partial charge in [-0.05, 0) is 37.0 Å². The van der Waals surface area contributed by atoms with E-state index in [1.165, 1.54) is 12.8 Å². The Morgan fingerprint density at radius 1 is 1.33 bits per heavy atom. The molecule has 0 bridgehead atoms. The van der Waals surface area contributed by atoms with Crippen LogP contribution in [0.4, 0.5) is 5.69 Å². The van der Waals surface area contributed by atoms with Crippen molar-refractivity contribution in [2.75, 3.05) is 11.9 Å². The molecule has 2 N–H and O–H groups in total. The Hall–Kier alpha value is -1.51. The van der Waals surface area contributed by atoms with Crippen LogP contribution in [0.3, 0.4) is 0 Å². The van der Waals surface area contributed by atoms with Gasteiger partial charge >= 0.3 is 5.97 Å². The van der Waals surface area contributed by atoms with Crippen LogP contribution in [0.1, 0.15) is 49.0 Å². The first-order valence-electron chi connectivity index (χ1n) is 6.58. The second-order valence-electron chi connectivity index (χ2n) is 5.17. The maximum atomic E-state index is 11.1. The van der Waals surface area contributed by atoms with Crippen LogP contribution < -0.4 is 5.32 Å². The van der Waals surface area contributed by atoms with Crippen LogP contribution in [0.25, 0.3) is 0 Å². The second kappa shape index (κ2) is 7.04. The molecule has 1 aromatic rings. The molecule has 0 atom stereocenters. The Labute approximate surface area is 109 Å². The van der Waals surface area contributed by atoms with E-state index < -0.39 is 5.97 Å². The molecule has 0 aromatic heterocycles. The average Bonchev–Trinajstić information content (AvgIpc) is 2.27. The van der Waals surface area contributed by atoms with Crippen molar-refractivity contribution >= 4 is 11.7 Å². The van der Waals surface area contributed by atoms with Gasteiger partial charge in [-0.25, -0.2) is 4.79 Å². The second-order valence-corrected chi connectivity index (χ2v) is 5.17. The molecule has 0 aliphatic heterocycles. The minimum absolute atomic E-state index is 0.351. The first-order chi connectivity index (χ1) is 8.50. The van der Waals surface area contributed by atoms with Gasteiger partial charge < -0.3 is 10.4 Å². The number of rotatable bonds is 7. The summed E-state index contributed by atoms with van der Waals surface area (Å²) in [6, 6.07) is 5.38. The van der Waals surface area contributed by atoms with Crippen LogP contribution in [-0.4, -0.2) is 17.6 Å². The van der Waals surface area contributed by atoms with Gasteiger partial charge in [0.25, 0.3) is 0 Å². The van der Waals surface area contributed by atoms with E-state index in [1.807, 2.05) is 19.1 Å². The topological polar surface area (TPSA) is 49.3 Å². The number of carboxylic acids is 1. The lowest BCUT2D eigenvalue weighted by Crippen LogP contribution is -2.08. The Morgan fingerprint density at radius 2 is 2.06 bits per heavy atom. The highest BCUT2D eigenvalue weighted by Gasteiger charge is 2.09. The Morgan fingerprint density at radius 3 is 2.67 bits per heavy atom. The number of carboxylic acid groups (broad SMARTS) is 1. The van der Waals surface area contributed by atoms with Gasteiger partial charge in [-0.1, -0.05) is 32.8 Å². The number of carbonyl (C=O) groups is 1. The third-order valence-corrected chi connectivity index (χ3v) is 2.93. The predicted molar refractivity (Wildman–Crippen MR) is 75.3 cm³/mol. The van der Waals surface area contributed by atoms with Crippen LogP contribution >= 0.6 is 0 Å². The number of nitrogens with one attached hydrogen (secondary N) is 1. The molecule has 0 fully saturated rings. The molecular weight excluding hydrogens is 226 g/mol. The van der Waals surface area contributed by atoms with Crippen LogP contribution in [0.15, 0.2) is 18.2 Å². The van der Waals surface area contributed by atoms with Crippen LogP contribution in [0.5, 0.6) is 0 Å². The molecule has 1 aromatic carbocycles. The fourth-order valence-electron chi connectivity index (χ4n) is 1.89. The van der Waals surface area contributed by atoms with Crippen molar-refractivity contribution in [1.29, 1.82) is 0 Å². The highest BCUT2D eigenvalue weighted by atomic mass is 16.4. The summed E-state index contributed by atoms with van der Waals surface area (Å²) in [7, 11) is 0. The van der Waals surface area contributed by atoms with E-state index >= 15 is 0 Å². The van der Waals surface area contributed by atoms with Crippen LogP contribution in [-0.2, 0) is 0 Å². The van der Waals surface area contributed by atoms with Gasteiger partial charge in [-0.15, -0.1) is 0 Å². The van der Waals surface area contributed by atoms with Gasteiger partial charge in [0.05, 0.1) is 5.56 Å². The van der Waals surface area contributed by atoms with Crippen LogP contribution in [0.2, 0.25) is 0 Å². The summed E-state index contributed by atoms with van der Waals surface area (Å²) in [5.74, 6) is -0.141. The molecule has 0 radical (unpaired) electrons. The minimum Gasteiger partial charge on any atom is -0.478 e. The third-order valence-electron chi connectivity index (χ3n) is 2.93. The van der Waals surface area contributed by atoms with Gasteiger partial charge in [-0.3, -0.25) is 0 Å². The number of unbranched alkanes of at least 4 members (excludes halogenated alkanes) is 1. The van der Waals surface area contributed by atoms with Gasteiger partial charge in [0.1, 0.15) is 0 Å². The summed E-state index contributed by atoms with van der Waals surface area (Å²) >= 11 is 0. The van der Waals surface area contributed by atoms with Crippen molar-refractivity contribution < 1.29 is 9.90 Å². The normalized spacial score (nSPS) is 10.7. The Kier molecular flexibility index (Phi) is 5.69. The summed E-state index contributed by atoms with van der Waals surface area (Å²) in [4.78, 5) is 11.1. The molecule has 0 aliphatic rings. The van der Waals surface area contributed by atoms with E-state index in [2.05, 4.69) is 19.2 Å². The molecule has 0 heterocycles. The molecule has 0 unspecified atom stereocenters. The van der Waals surface area contributed by atoms with Gasteiger partial charge in [0.2, 0.25) is 0 Å². The maximum absolute atomic E-state index is 11.1. The highest BCUT2D eigenvalue weighted by molar-refractivity contribution is 5.94. The number of hydrogen-bond acceptors (Lipinski definition) is 2. The Bertz CT molecular complexity index is 399. The molecule has 18 heavy (non-hydrogen) atoms. The molecule has 0 amide bonds. The maximum Gasteiger partial charge on any atom is 0.337 e. The summed E-state index contributed by atoms with van der Waals surface area (Å²) in [6.45, 7) is 7.24. The van der Waals surface area contributed by atoms with Crippen molar-refractivity contribution in [1.82, 2.24) is 0 Å². The smallest absolute Gasteiger partial charge is 0.337 e. The molecule has 3 heteroatoms. The lowest BCUT2D eigenvalue weighted by molar-refractivity contribution is 0.0698. The molecule has 3 nitrogen and oxygen atoms in total. The summed E-state index contributed by atoms with van der Waals surface area (Å²) < 4.78 is 0.